The lowest BCUT2D eigenvalue weighted by Gasteiger charge is -2.31. The molecule has 0 saturated heterocycles. The largest absolute Gasteiger partial charge is 0.308 e. The van der Waals surface area contributed by atoms with Gasteiger partial charge in [-0.05, 0) is 31.7 Å². The van der Waals surface area contributed by atoms with Crippen LogP contribution in [-0.2, 0) is 6.54 Å². The van der Waals surface area contributed by atoms with E-state index in [0.29, 0.717) is 6.04 Å². The van der Waals surface area contributed by atoms with Gasteiger partial charge in [0.25, 0.3) is 0 Å². The molecule has 0 aromatic carbocycles. The first-order valence-corrected chi connectivity index (χ1v) is 6.81. The molecule has 1 aromatic rings. The Hall–Kier alpha value is -0.960. The van der Waals surface area contributed by atoms with Crippen LogP contribution in [0.25, 0.3) is 0 Å². The summed E-state index contributed by atoms with van der Waals surface area (Å²) in [5, 5.41) is 3.68. The standard InChI is InChI=1S/C14H23N3/c1-3-12-6-4-5-7-14(12)16-10-13-8-9-15-11(2)17-13/h8-9,12,14,16H,3-7,10H2,1-2H3. The van der Waals surface area contributed by atoms with Crippen molar-refractivity contribution in [2.75, 3.05) is 0 Å². The van der Waals surface area contributed by atoms with Crippen molar-refractivity contribution in [3.8, 4) is 0 Å². The lowest BCUT2D eigenvalue weighted by Crippen LogP contribution is -2.38. The van der Waals surface area contributed by atoms with Crippen molar-refractivity contribution < 1.29 is 0 Å². The van der Waals surface area contributed by atoms with Crippen LogP contribution >= 0.6 is 0 Å². The van der Waals surface area contributed by atoms with E-state index in [0.717, 1.165) is 24.0 Å². The topological polar surface area (TPSA) is 37.8 Å². The highest BCUT2D eigenvalue weighted by atomic mass is 15.0. The second-order valence-electron chi connectivity index (χ2n) is 5.04. The average molecular weight is 233 g/mol. The molecule has 2 atom stereocenters. The first-order chi connectivity index (χ1) is 8.29. The van der Waals surface area contributed by atoms with E-state index in [-0.39, 0.29) is 0 Å². The average Bonchev–Trinajstić information content (AvgIpc) is 2.37. The molecule has 2 unspecified atom stereocenters. The van der Waals surface area contributed by atoms with Crippen LogP contribution in [0, 0.1) is 12.8 Å². The number of hydrogen-bond donors (Lipinski definition) is 1. The second kappa shape index (κ2) is 6.10. The first-order valence-electron chi connectivity index (χ1n) is 6.81. The van der Waals surface area contributed by atoms with Gasteiger partial charge in [-0.1, -0.05) is 26.2 Å². The van der Waals surface area contributed by atoms with E-state index in [2.05, 4.69) is 22.2 Å². The number of nitrogens with zero attached hydrogens (tertiary/aromatic N) is 2. The second-order valence-corrected chi connectivity index (χ2v) is 5.04. The molecule has 17 heavy (non-hydrogen) atoms. The molecule has 1 aliphatic rings. The third kappa shape index (κ3) is 3.50. The Balaban J connectivity index is 1.88. The predicted molar refractivity (Wildman–Crippen MR) is 69.6 cm³/mol. The Bertz CT molecular complexity index is 351. The van der Waals surface area contributed by atoms with E-state index in [9.17, 15) is 0 Å². The zero-order valence-corrected chi connectivity index (χ0v) is 10.9. The summed E-state index contributed by atoms with van der Waals surface area (Å²) in [6.07, 6.45) is 8.62. The van der Waals surface area contributed by atoms with Gasteiger partial charge < -0.3 is 5.32 Å². The molecule has 1 N–H and O–H groups in total. The fraction of sp³-hybridized carbons (Fsp3) is 0.714. The molecule has 1 fully saturated rings. The Morgan fingerprint density at radius 2 is 2.18 bits per heavy atom. The van der Waals surface area contributed by atoms with Crippen LogP contribution < -0.4 is 5.32 Å². The van der Waals surface area contributed by atoms with Gasteiger partial charge in [0.15, 0.2) is 0 Å². The van der Waals surface area contributed by atoms with E-state index >= 15 is 0 Å². The number of hydrogen-bond acceptors (Lipinski definition) is 3. The molecule has 1 aliphatic carbocycles. The van der Waals surface area contributed by atoms with Crippen LogP contribution in [-0.4, -0.2) is 16.0 Å². The molecule has 0 bridgehead atoms. The molecule has 0 amide bonds. The van der Waals surface area contributed by atoms with E-state index in [4.69, 9.17) is 0 Å². The van der Waals surface area contributed by atoms with Crippen LogP contribution in [0.5, 0.6) is 0 Å². The van der Waals surface area contributed by atoms with Crippen molar-refractivity contribution in [3.63, 3.8) is 0 Å². The van der Waals surface area contributed by atoms with Gasteiger partial charge in [0.2, 0.25) is 0 Å². The van der Waals surface area contributed by atoms with Crippen LogP contribution in [0.15, 0.2) is 12.3 Å². The molecule has 1 saturated carbocycles. The number of aromatic nitrogens is 2. The molecule has 1 heterocycles. The molecule has 94 valence electrons. The van der Waals surface area contributed by atoms with Crippen molar-refractivity contribution >= 4 is 0 Å². The zero-order valence-electron chi connectivity index (χ0n) is 10.9. The van der Waals surface area contributed by atoms with Crippen molar-refractivity contribution in [2.24, 2.45) is 5.92 Å². The third-order valence-electron chi connectivity index (χ3n) is 3.81. The summed E-state index contributed by atoms with van der Waals surface area (Å²) >= 11 is 0. The summed E-state index contributed by atoms with van der Waals surface area (Å²) in [4.78, 5) is 8.56. The number of aryl methyl sites for hydroxylation is 1. The van der Waals surface area contributed by atoms with Crippen molar-refractivity contribution in [2.45, 2.75) is 58.5 Å². The zero-order chi connectivity index (χ0) is 12.1. The highest BCUT2D eigenvalue weighted by molar-refractivity contribution is 5.01. The van der Waals surface area contributed by atoms with Crippen LogP contribution in [0.1, 0.15) is 50.5 Å². The van der Waals surface area contributed by atoms with E-state index in [1.165, 1.54) is 32.1 Å². The Labute approximate surface area is 104 Å². The van der Waals surface area contributed by atoms with Gasteiger partial charge >= 0.3 is 0 Å². The van der Waals surface area contributed by atoms with Crippen molar-refractivity contribution in [1.82, 2.24) is 15.3 Å². The van der Waals surface area contributed by atoms with E-state index in [1.807, 2.05) is 19.2 Å². The Kier molecular flexibility index (Phi) is 4.49. The fourth-order valence-electron chi connectivity index (χ4n) is 2.80. The molecule has 0 radical (unpaired) electrons. The molecule has 0 aliphatic heterocycles. The molecule has 2 rings (SSSR count). The minimum atomic E-state index is 0.684. The van der Waals surface area contributed by atoms with Gasteiger partial charge in [0, 0.05) is 18.8 Å². The van der Waals surface area contributed by atoms with Gasteiger partial charge in [-0.25, -0.2) is 9.97 Å². The quantitative estimate of drug-likeness (QED) is 0.869. The van der Waals surface area contributed by atoms with Gasteiger partial charge in [-0.15, -0.1) is 0 Å². The summed E-state index contributed by atoms with van der Waals surface area (Å²) in [6, 6.07) is 2.69. The Morgan fingerprint density at radius 1 is 1.35 bits per heavy atom. The summed E-state index contributed by atoms with van der Waals surface area (Å²) in [5.74, 6) is 1.71. The fourth-order valence-corrected chi connectivity index (χ4v) is 2.80. The van der Waals surface area contributed by atoms with Gasteiger partial charge in [0.1, 0.15) is 5.82 Å². The highest BCUT2D eigenvalue weighted by Crippen LogP contribution is 2.26. The smallest absolute Gasteiger partial charge is 0.125 e. The minimum Gasteiger partial charge on any atom is -0.308 e. The van der Waals surface area contributed by atoms with Crippen LogP contribution in [0.4, 0.5) is 0 Å². The van der Waals surface area contributed by atoms with Crippen LogP contribution in [0.2, 0.25) is 0 Å². The molecular weight excluding hydrogens is 210 g/mol. The lowest BCUT2D eigenvalue weighted by atomic mass is 9.83. The van der Waals surface area contributed by atoms with Gasteiger partial charge in [-0.2, -0.15) is 0 Å². The molecule has 1 aromatic heterocycles. The summed E-state index contributed by atoms with van der Waals surface area (Å²) < 4.78 is 0. The van der Waals surface area contributed by atoms with Crippen LogP contribution in [0.3, 0.4) is 0 Å². The molecular formula is C14H23N3. The highest BCUT2D eigenvalue weighted by Gasteiger charge is 2.22. The minimum absolute atomic E-state index is 0.684. The van der Waals surface area contributed by atoms with Crippen molar-refractivity contribution in [1.29, 1.82) is 0 Å². The molecule has 3 nitrogen and oxygen atoms in total. The SMILES string of the molecule is CCC1CCCCC1NCc1ccnc(C)n1. The summed E-state index contributed by atoms with van der Waals surface area (Å²) in [6.45, 7) is 5.13. The normalized spacial score (nSPS) is 24.8. The summed E-state index contributed by atoms with van der Waals surface area (Å²) in [7, 11) is 0. The predicted octanol–water partition coefficient (Wildman–Crippen LogP) is 2.84. The maximum atomic E-state index is 4.43. The Morgan fingerprint density at radius 3 is 2.94 bits per heavy atom. The van der Waals surface area contributed by atoms with Gasteiger partial charge in [-0.3, -0.25) is 0 Å². The first kappa shape index (κ1) is 12.5. The number of rotatable bonds is 4. The van der Waals surface area contributed by atoms with Crippen molar-refractivity contribution in [3.05, 3.63) is 23.8 Å². The molecule has 3 heteroatoms. The maximum absolute atomic E-state index is 4.43. The maximum Gasteiger partial charge on any atom is 0.125 e. The van der Waals surface area contributed by atoms with E-state index in [1.54, 1.807) is 0 Å². The summed E-state index contributed by atoms with van der Waals surface area (Å²) in [5.41, 5.74) is 1.11. The van der Waals surface area contributed by atoms with E-state index < -0.39 is 0 Å². The molecule has 0 spiro atoms. The number of nitrogens with one attached hydrogen (secondary N) is 1. The third-order valence-corrected chi connectivity index (χ3v) is 3.81. The monoisotopic (exact) mass is 233 g/mol. The van der Waals surface area contributed by atoms with Gasteiger partial charge in [0.05, 0.1) is 5.69 Å². The lowest BCUT2D eigenvalue weighted by molar-refractivity contribution is 0.254.